The first-order chi connectivity index (χ1) is 9.69. The number of carbonyl (C=O) groups excluding carboxylic acids is 1. The van der Waals surface area contributed by atoms with E-state index in [4.69, 9.17) is 10.9 Å². The third-order valence-electron chi connectivity index (χ3n) is 3.85. The van der Waals surface area contributed by atoms with Crippen molar-refractivity contribution < 1.29 is 10.0 Å². The van der Waals surface area contributed by atoms with E-state index in [9.17, 15) is 4.79 Å². The Morgan fingerprint density at radius 3 is 2.85 bits per heavy atom. The Labute approximate surface area is 116 Å². The first-order valence-corrected chi connectivity index (χ1v) is 6.79. The van der Waals surface area contributed by atoms with E-state index in [1.54, 1.807) is 0 Å². The summed E-state index contributed by atoms with van der Waals surface area (Å²) in [7, 11) is 0. The summed E-state index contributed by atoms with van der Waals surface area (Å²) < 4.78 is 0. The number of rotatable bonds is 5. The van der Waals surface area contributed by atoms with E-state index in [1.807, 2.05) is 0 Å². The van der Waals surface area contributed by atoms with E-state index < -0.39 is 5.41 Å². The average Bonchev–Trinajstić information content (AvgIpc) is 3.00. The van der Waals surface area contributed by atoms with Crippen molar-refractivity contribution in [3.05, 3.63) is 12.2 Å². The van der Waals surface area contributed by atoms with Crippen molar-refractivity contribution in [2.75, 3.05) is 6.54 Å². The topological polar surface area (TPSA) is 129 Å². The molecule has 20 heavy (non-hydrogen) atoms. The summed E-state index contributed by atoms with van der Waals surface area (Å²) >= 11 is 0. The zero-order valence-corrected chi connectivity index (χ0v) is 11.3. The lowest BCUT2D eigenvalue weighted by atomic mass is 9.72. The smallest absolute Gasteiger partial charge is 0.233 e. The maximum Gasteiger partial charge on any atom is 0.233 e. The molecular weight excluding hydrogens is 260 g/mol. The average molecular weight is 280 g/mol. The molecule has 1 fully saturated rings. The van der Waals surface area contributed by atoms with E-state index >= 15 is 0 Å². The van der Waals surface area contributed by atoms with Gasteiger partial charge in [0.2, 0.25) is 5.91 Å². The first kappa shape index (κ1) is 14.3. The van der Waals surface area contributed by atoms with Gasteiger partial charge >= 0.3 is 0 Å². The lowest BCUT2D eigenvalue weighted by molar-refractivity contribution is -0.129. The number of aromatic nitrogens is 3. The van der Waals surface area contributed by atoms with E-state index in [-0.39, 0.29) is 11.7 Å². The predicted octanol–water partition coefficient (Wildman–Crippen LogP) is 0.160. The van der Waals surface area contributed by atoms with Crippen LogP contribution in [0.25, 0.3) is 0 Å². The van der Waals surface area contributed by atoms with Gasteiger partial charge in [-0.15, -0.1) is 0 Å². The molecule has 1 amide bonds. The molecule has 2 rings (SSSR count). The molecule has 0 aliphatic heterocycles. The number of hydrogen-bond acceptors (Lipinski definition) is 5. The second kappa shape index (κ2) is 6.36. The molecule has 0 atom stereocenters. The number of oxime groups is 1. The quantitative estimate of drug-likeness (QED) is 0.264. The summed E-state index contributed by atoms with van der Waals surface area (Å²) in [6.07, 6.45) is 6.13. The third-order valence-corrected chi connectivity index (χ3v) is 3.85. The van der Waals surface area contributed by atoms with Crippen molar-refractivity contribution >= 4 is 11.7 Å². The summed E-state index contributed by atoms with van der Waals surface area (Å²) in [4.78, 5) is 16.4. The van der Waals surface area contributed by atoms with Crippen LogP contribution in [-0.4, -0.2) is 38.7 Å². The number of nitrogens with one attached hydrogen (secondary N) is 2. The highest BCUT2D eigenvalue weighted by atomic mass is 16.4. The predicted molar refractivity (Wildman–Crippen MR) is 72.0 cm³/mol. The highest BCUT2D eigenvalue weighted by molar-refractivity contribution is 6.06. The van der Waals surface area contributed by atoms with Crippen LogP contribution < -0.4 is 11.1 Å². The molecule has 5 N–H and O–H groups in total. The number of aromatic amines is 1. The molecule has 0 saturated heterocycles. The normalized spacial score (nSPS) is 18.7. The monoisotopic (exact) mass is 280 g/mol. The number of H-pyrrole nitrogens is 1. The Morgan fingerprint density at radius 1 is 1.50 bits per heavy atom. The van der Waals surface area contributed by atoms with Crippen LogP contribution >= 0.6 is 0 Å². The van der Waals surface area contributed by atoms with Crippen LogP contribution in [0.15, 0.2) is 11.5 Å². The largest absolute Gasteiger partial charge is 0.409 e. The summed E-state index contributed by atoms with van der Waals surface area (Å²) in [6, 6.07) is 0. The van der Waals surface area contributed by atoms with Crippen molar-refractivity contribution in [1.82, 2.24) is 20.5 Å². The van der Waals surface area contributed by atoms with Gasteiger partial charge in [-0.2, -0.15) is 5.10 Å². The molecule has 0 unspecified atom stereocenters. The van der Waals surface area contributed by atoms with Crippen molar-refractivity contribution in [3.8, 4) is 0 Å². The number of amides is 1. The van der Waals surface area contributed by atoms with Gasteiger partial charge in [0.05, 0.1) is 0 Å². The van der Waals surface area contributed by atoms with E-state index in [0.717, 1.165) is 19.3 Å². The fraction of sp³-hybridized carbons (Fsp3) is 0.667. The Hall–Kier alpha value is -2.12. The van der Waals surface area contributed by atoms with Crippen LogP contribution in [0.1, 0.15) is 37.9 Å². The highest BCUT2D eigenvalue weighted by Gasteiger charge is 2.43. The van der Waals surface area contributed by atoms with E-state index in [1.165, 1.54) is 6.33 Å². The van der Waals surface area contributed by atoms with Gasteiger partial charge in [0.25, 0.3) is 0 Å². The molecule has 0 aromatic carbocycles. The van der Waals surface area contributed by atoms with Gasteiger partial charge in [-0.1, -0.05) is 24.4 Å². The molecule has 0 bridgehead atoms. The van der Waals surface area contributed by atoms with Crippen molar-refractivity contribution in [3.63, 3.8) is 0 Å². The standard InChI is InChI=1S/C12H20N6O2/c13-10(18-20)12(5-2-1-3-6-12)11(19)14-7-4-9-15-8-16-17-9/h8,20H,1-7H2,(H2,13,18)(H,14,19)(H,15,16,17). The Balaban J connectivity index is 1.96. The van der Waals surface area contributed by atoms with Crippen molar-refractivity contribution in [2.45, 2.75) is 38.5 Å². The van der Waals surface area contributed by atoms with Gasteiger partial charge in [-0.05, 0) is 12.8 Å². The first-order valence-electron chi connectivity index (χ1n) is 6.79. The molecule has 1 aliphatic rings. The number of nitrogens with zero attached hydrogens (tertiary/aromatic N) is 3. The van der Waals surface area contributed by atoms with Gasteiger partial charge in [-0.3, -0.25) is 9.89 Å². The molecule has 8 heteroatoms. The van der Waals surface area contributed by atoms with Crippen LogP contribution in [0.4, 0.5) is 0 Å². The minimum absolute atomic E-state index is 0.00867. The zero-order chi connectivity index (χ0) is 14.4. The number of hydrogen-bond donors (Lipinski definition) is 4. The minimum atomic E-state index is -0.867. The minimum Gasteiger partial charge on any atom is -0.409 e. The van der Waals surface area contributed by atoms with Gasteiger partial charge < -0.3 is 16.3 Å². The van der Waals surface area contributed by atoms with Gasteiger partial charge in [0.15, 0.2) is 5.84 Å². The lowest BCUT2D eigenvalue weighted by Gasteiger charge is -2.34. The molecule has 110 valence electrons. The fourth-order valence-electron chi connectivity index (χ4n) is 2.67. The maximum atomic E-state index is 12.4. The molecule has 1 saturated carbocycles. The Morgan fingerprint density at radius 2 is 2.25 bits per heavy atom. The molecule has 8 nitrogen and oxygen atoms in total. The zero-order valence-electron chi connectivity index (χ0n) is 11.3. The SMILES string of the molecule is NC(=NO)C1(C(=O)NCCc2ncn[nH]2)CCCCC1. The molecular formula is C12H20N6O2. The Bertz CT molecular complexity index is 464. The van der Waals surface area contributed by atoms with Crippen LogP contribution in [0.5, 0.6) is 0 Å². The second-order valence-corrected chi connectivity index (χ2v) is 5.07. The summed E-state index contributed by atoms with van der Waals surface area (Å²) in [5, 5.41) is 21.3. The van der Waals surface area contributed by atoms with Gasteiger partial charge in [0.1, 0.15) is 17.6 Å². The second-order valence-electron chi connectivity index (χ2n) is 5.07. The molecule has 1 aromatic heterocycles. The number of carbonyl (C=O) groups is 1. The van der Waals surface area contributed by atoms with E-state index in [0.29, 0.717) is 31.6 Å². The van der Waals surface area contributed by atoms with Crippen molar-refractivity contribution in [2.24, 2.45) is 16.3 Å². The van der Waals surface area contributed by atoms with E-state index in [2.05, 4.69) is 25.7 Å². The maximum absolute atomic E-state index is 12.4. The highest BCUT2D eigenvalue weighted by Crippen LogP contribution is 2.36. The van der Waals surface area contributed by atoms with Crippen LogP contribution in [0.3, 0.4) is 0 Å². The molecule has 1 aromatic rings. The summed E-state index contributed by atoms with van der Waals surface area (Å²) in [6.45, 7) is 0.439. The molecule has 0 radical (unpaired) electrons. The number of nitrogens with two attached hydrogens (primary N) is 1. The molecule has 1 heterocycles. The molecule has 0 spiro atoms. The number of amidine groups is 1. The Kier molecular flexibility index (Phi) is 4.54. The lowest BCUT2D eigenvalue weighted by Crippen LogP contribution is -2.51. The van der Waals surface area contributed by atoms with Crippen LogP contribution in [-0.2, 0) is 11.2 Å². The summed E-state index contributed by atoms with van der Waals surface area (Å²) in [5.41, 5.74) is 4.89. The fourth-order valence-corrected chi connectivity index (χ4v) is 2.67. The third kappa shape index (κ3) is 2.89. The van der Waals surface area contributed by atoms with Crippen molar-refractivity contribution in [1.29, 1.82) is 0 Å². The van der Waals surface area contributed by atoms with Gasteiger partial charge in [0, 0.05) is 13.0 Å². The molecule has 1 aliphatic carbocycles. The van der Waals surface area contributed by atoms with Crippen LogP contribution in [0.2, 0.25) is 0 Å². The van der Waals surface area contributed by atoms with Crippen LogP contribution in [0, 0.1) is 5.41 Å². The summed E-state index contributed by atoms with van der Waals surface area (Å²) in [5.74, 6) is 0.549. The van der Waals surface area contributed by atoms with Gasteiger partial charge in [-0.25, -0.2) is 4.98 Å².